The molecule has 7 heteroatoms. The Kier molecular flexibility index (Phi) is 5.56. The molecule has 1 heterocycles. The molecular formula is C13H20ClN3O3. The van der Waals surface area contributed by atoms with E-state index in [-0.39, 0.29) is 18.0 Å². The van der Waals surface area contributed by atoms with Crippen LogP contribution in [0.5, 0.6) is 0 Å². The van der Waals surface area contributed by atoms with Gasteiger partial charge >= 0.3 is 5.97 Å². The van der Waals surface area contributed by atoms with Gasteiger partial charge in [-0.05, 0) is 19.3 Å². The van der Waals surface area contributed by atoms with Gasteiger partial charge in [0.25, 0.3) is 5.91 Å². The standard InChI is InChI=1S/C13H20ClN3O3/c1-7(2)5-9(6-10(18)19)15-13(20)12-11(14)8(3)17(4)16-12/h7,9H,5-6H2,1-4H3,(H,15,20)(H,18,19)/t9-/m0/s1. The van der Waals surface area contributed by atoms with E-state index in [2.05, 4.69) is 10.4 Å². The van der Waals surface area contributed by atoms with Gasteiger partial charge in [0.2, 0.25) is 0 Å². The fourth-order valence-electron chi connectivity index (χ4n) is 1.95. The van der Waals surface area contributed by atoms with E-state index in [1.165, 1.54) is 4.68 Å². The lowest BCUT2D eigenvalue weighted by atomic mass is 10.0. The van der Waals surface area contributed by atoms with E-state index in [1.807, 2.05) is 13.8 Å². The lowest BCUT2D eigenvalue weighted by molar-refractivity contribution is -0.137. The van der Waals surface area contributed by atoms with Gasteiger partial charge in [-0.2, -0.15) is 5.10 Å². The Bertz CT molecular complexity index is 511. The molecular weight excluding hydrogens is 282 g/mol. The Morgan fingerprint density at radius 1 is 1.45 bits per heavy atom. The summed E-state index contributed by atoms with van der Waals surface area (Å²) >= 11 is 6.04. The van der Waals surface area contributed by atoms with Crippen LogP contribution >= 0.6 is 11.6 Å². The molecule has 0 aliphatic rings. The highest BCUT2D eigenvalue weighted by molar-refractivity contribution is 6.34. The van der Waals surface area contributed by atoms with Gasteiger partial charge in [-0.1, -0.05) is 25.4 Å². The lowest BCUT2D eigenvalue weighted by Crippen LogP contribution is -2.37. The van der Waals surface area contributed by atoms with Crippen LogP contribution in [0.4, 0.5) is 0 Å². The average molecular weight is 302 g/mol. The van der Waals surface area contributed by atoms with E-state index in [4.69, 9.17) is 16.7 Å². The van der Waals surface area contributed by atoms with Gasteiger partial charge in [-0.3, -0.25) is 14.3 Å². The molecule has 1 amide bonds. The van der Waals surface area contributed by atoms with E-state index in [0.717, 1.165) is 0 Å². The minimum absolute atomic E-state index is 0.118. The highest BCUT2D eigenvalue weighted by Gasteiger charge is 2.23. The number of hydrogen-bond acceptors (Lipinski definition) is 3. The second-order valence-electron chi connectivity index (χ2n) is 5.27. The molecule has 0 fully saturated rings. The van der Waals surface area contributed by atoms with Gasteiger partial charge in [0.1, 0.15) is 0 Å². The first-order valence-corrected chi connectivity index (χ1v) is 6.81. The number of halogens is 1. The number of carbonyl (C=O) groups is 2. The van der Waals surface area contributed by atoms with Crippen LogP contribution in [-0.2, 0) is 11.8 Å². The van der Waals surface area contributed by atoms with Crippen molar-refractivity contribution in [1.29, 1.82) is 0 Å². The van der Waals surface area contributed by atoms with Crippen molar-refractivity contribution in [3.8, 4) is 0 Å². The topological polar surface area (TPSA) is 84.2 Å². The van der Waals surface area contributed by atoms with Crippen LogP contribution in [0.3, 0.4) is 0 Å². The van der Waals surface area contributed by atoms with E-state index >= 15 is 0 Å². The molecule has 0 saturated heterocycles. The molecule has 20 heavy (non-hydrogen) atoms. The van der Waals surface area contributed by atoms with Gasteiger partial charge in [0.15, 0.2) is 5.69 Å². The van der Waals surface area contributed by atoms with Gasteiger partial charge in [-0.25, -0.2) is 0 Å². The highest BCUT2D eigenvalue weighted by atomic mass is 35.5. The Morgan fingerprint density at radius 3 is 2.45 bits per heavy atom. The summed E-state index contributed by atoms with van der Waals surface area (Å²) in [7, 11) is 1.70. The molecule has 0 aliphatic heterocycles. The van der Waals surface area contributed by atoms with Crippen LogP contribution < -0.4 is 5.32 Å². The summed E-state index contributed by atoms with van der Waals surface area (Å²) < 4.78 is 1.52. The molecule has 1 rings (SSSR count). The molecule has 0 bridgehead atoms. The normalized spacial score (nSPS) is 12.5. The third-order valence-electron chi connectivity index (χ3n) is 2.99. The first kappa shape index (κ1) is 16.5. The minimum atomic E-state index is -0.945. The van der Waals surface area contributed by atoms with Crippen LogP contribution in [0.1, 0.15) is 42.9 Å². The maximum Gasteiger partial charge on any atom is 0.305 e. The van der Waals surface area contributed by atoms with Crippen LogP contribution in [-0.4, -0.2) is 32.8 Å². The third kappa shape index (κ3) is 4.23. The molecule has 112 valence electrons. The fraction of sp³-hybridized carbons (Fsp3) is 0.615. The van der Waals surface area contributed by atoms with Crippen molar-refractivity contribution in [2.75, 3.05) is 0 Å². The molecule has 1 aromatic heterocycles. The number of aryl methyl sites for hydroxylation is 1. The van der Waals surface area contributed by atoms with Crippen LogP contribution in [0.25, 0.3) is 0 Å². The van der Waals surface area contributed by atoms with Crippen molar-refractivity contribution >= 4 is 23.5 Å². The van der Waals surface area contributed by atoms with Crippen LogP contribution in [0, 0.1) is 12.8 Å². The molecule has 0 radical (unpaired) electrons. The average Bonchev–Trinajstić information content (AvgIpc) is 2.55. The number of aromatic nitrogens is 2. The van der Waals surface area contributed by atoms with Crippen molar-refractivity contribution in [1.82, 2.24) is 15.1 Å². The highest BCUT2D eigenvalue weighted by Crippen LogP contribution is 2.19. The molecule has 2 N–H and O–H groups in total. The van der Waals surface area contributed by atoms with Gasteiger partial charge in [0, 0.05) is 13.1 Å². The first-order chi connectivity index (χ1) is 9.22. The van der Waals surface area contributed by atoms with E-state index in [1.54, 1.807) is 14.0 Å². The molecule has 0 aromatic carbocycles. The molecule has 0 saturated carbocycles. The van der Waals surface area contributed by atoms with E-state index in [9.17, 15) is 9.59 Å². The number of amides is 1. The summed E-state index contributed by atoms with van der Waals surface area (Å²) in [5.41, 5.74) is 0.821. The lowest BCUT2D eigenvalue weighted by Gasteiger charge is -2.18. The predicted octanol–water partition coefficient (Wildman–Crippen LogP) is 2.00. The van der Waals surface area contributed by atoms with Gasteiger partial charge < -0.3 is 10.4 Å². The largest absolute Gasteiger partial charge is 0.481 e. The maximum atomic E-state index is 12.1. The van der Waals surface area contributed by atoms with Crippen LogP contribution in [0.2, 0.25) is 5.02 Å². The monoisotopic (exact) mass is 301 g/mol. The molecule has 6 nitrogen and oxygen atoms in total. The first-order valence-electron chi connectivity index (χ1n) is 6.44. The van der Waals surface area contributed by atoms with Crippen LogP contribution in [0.15, 0.2) is 0 Å². The summed E-state index contributed by atoms with van der Waals surface area (Å²) in [5, 5.41) is 15.9. The second kappa shape index (κ2) is 6.74. The second-order valence-corrected chi connectivity index (χ2v) is 5.65. The van der Waals surface area contributed by atoms with Crippen molar-refractivity contribution in [3.05, 3.63) is 16.4 Å². The van der Waals surface area contributed by atoms with E-state index in [0.29, 0.717) is 17.1 Å². The number of nitrogens with one attached hydrogen (secondary N) is 1. The fourth-order valence-corrected chi connectivity index (χ4v) is 2.20. The zero-order valence-corrected chi connectivity index (χ0v) is 12.9. The summed E-state index contributed by atoms with van der Waals surface area (Å²) in [5.74, 6) is -1.11. The number of rotatable bonds is 6. The number of carboxylic acids is 1. The smallest absolute Gasteiger partial charge is 0.305 e. The zero-order valence-electron chi connectivity index (χ0n) is 12.1. The van der Waals surface area contributed by atoms with Gasteiger partial charge in [-0.15, -0.1) is 0 Å². The van der Waals surface area contributed by atoms with Crippen molar-refractivity contribution < 1.29 is 14.7 Å². The summed E-state index contributed by atoms with van der Waals surface area (Å²) in [6.07, 6.45) is 0.467. The minimum Gasteiger partial charge on any atom is -0.481 e. The van der Waals surface area contributed by atoms with E-state index < -0.39 is 17.9 Å². The van der Waals surface area contributed by atoms with Crippen molar-refractivity contribution in [2.45, 2.75) is 39.7 Å². The number of aliphatic carboxylic acids is 1. The number of hydrogen-bond donors (Lipinski definition) is 2. The Balaban J connectivity index is 2.84. The predicted molar refractivity (Wildman–Crippen MR) is 75.9 cm³/mol. The SMILES string of the molecule is Cc1c(Cl)c(C(=O)N[C@H](CC(=O)O)CC(C)C)nn1C. The third-order valence-corrected chi connectivity index (χ3v) is 3.44. The molecule has 0 spiro atoms. The maximum absolute atomic E-state index is 12.1. The quantitative estimate of drug-likeness (QED) is 0.841. The Morgan fingerprint density at radius 2 is 2.05 bits per heavy atom. The summed E-state index contributed by atoms with van der Waals surface area (Å²) in [6, 6.07) is -0.432. The Hall–Kier alpha value is -1.56. The van der Waals surface area contributed by atoms with Gasteiger partial charge in [0.05, 0.1) is 17.1 Å². The number of nitrogens with zero attached hydrogens (tertiary/aromatic N) is 2. The summed E-state index contributed by atoms with van der Waals surface area (Å²) in [6.45, 7) is 5.70. The van der Waals surface area contributed by atoms with Crippen molar-refractivity contribution in [3.63, 3.8) is 0 Å². The summed E-state index contributed by atoms with van der Waals surface area (Å²) in [4.78, 5) is 23.0. The molecule has 1 aromatic rings. The zero-order chi connectivity index (χ0) is 15.4. The molecule has 1 atom stereocenters. The molecule has 0 unspecified atom stereocenters. The number of carbonyl (C=O) groups excluding carboxylic acids is 1. The number of carboxylic acid groups (broad SMARTS) is 1. The van der Waals surface area contributed by atoms with Crippen molar-refractivity contribution in [2.24, 2.45) is 13.0 Å². The molecule has 0 aliphatic carbocycles. The Labute approximate surface area is 123 Å².